The van der Waals surface area contributed by atoms with E-state index >= 15 is 0 Å². The monoisotopic (exact) mass is 683 g/mol. The molecule has 0 amide bonds. The van der Waals surface area contributed by atoms with Crippen LogP contribution in [0.15, 0.2) is 144 Å². The van der Waals surface area contributed by atoms with Gasteiger partial charge in [0.25, 0.3) is 0 Å². The lowest BCUT2D eigenvalue weighted by Gasteiger charge is -2.38. The van der Waals surface area contributed by atoms with Crippen LogP contribution >= 0.6 is 0 Å². The van der Waals surface area contributed by atoms with Gasteiger partial charge in [-0.25, -0.2) is 0 Å². The van der Waals surface area contributed by atoms with Crippen molar-refractivity contribution in [3.05, 3.63) is 177 Å². The maximum atomic E-state index is 2.63. The minimum absolute atomic E-state index is 0.516. The molecule has 3 aromatic carbocycles. The molecule has 1 heteroatoms. The Bertz CT molecular complexity index is 1990. The normalized spacial score (nSPS) is 23.4. The Morgan fingerprint density at radius 2 is 1.63 bits per heavy atom. The highest BCUT2D eigenvalue weighted by Crippen LogP contribution is 2.43. The van der Waals surface area contributed by atoms with Crippen LogP contribution in [0.4, 0.5) is 5.69 Å². The van der Waals surface area contributed by atoms with Crippen LogP contribution in [0.1, 0.15) is 104 Å². The first-order valence-electron chi connectivity index (χ1n) is 20.3. The van der Waals surface area contributed by atoms with Crippen molar-refractivity contribution in [2.24, 2.45) is 23.7 Å². The van der Waals surface area contributed by atoms with E-state index in [0.717, 1.165) is 32.1 Å². The molecule has 0 spiro atoms. The second-order valence-electron chi connectivity index (χ2n) is 16.5. The topological polar surface area (TPSA) is 3.24 Å². The van der Waals surface area contributed by atoms with Gasteiger partial charge in [0.15, 0.2) is 0 Å². The Balaban J connectivity index is 0.967. The third-order valence-corrected chi connectivity index (χ3v) is 12.7. The van der Waals surface area contributed by atoms with Crippen molar-refractivity contribution >= 4 is 11.8 Å². The van der Waals surface area contributed by atoms with Crippen molar-refractivity contribution in [3.63, 3.8) is 0 Å². The number of benzene rings is 3. The molecule has 3 aromatic rings. The quantitative estimate of drug-likeness (QED) is 0.206. The van der Waals surface area contributed by atoms with Crippen LogP contribution in [0.25, 0.3) is 6.08 Å². The molecule has 1 nitrogen and oxygen atoms in total. The molecule has 5 atom stereocenters. The molecule has 52 heavy (non-hydrogen) atoms. The molecule has 8 rings (SSSR count). The smallest absolute Gasteiger partial charge is 0.0457 e. The summed E-state index contributed by atoms with van der Waals surface area (Å²) in [5.74, 6) is 2.92. The molecular formula is C51H57N. The highest BCUT2D eigenvalue weighted by atomic mass is 15.2. The fraction of sp³-hybridized carbons (Fsp3) is 0.373. The molecule has 5 aliphatic carbocycles. The van der Waals surface area contributed by atoms with Gasteiger partial charge in [-0.05, 0) is 148 Å². The van der Waals surface area contributed by atoms with Gasteiger partial charge in [0.2, 0.25) is 0 Å². The molecule has 0 aliphatic heterocycles. The maximum absolute atomic E-state index is 2.63. The van der Waals surface area contributed by atoms with Crippen LogP contribution in [0.2, 0.25) is 0 Å². The zero-order valence-electron chi connectivity index (χ0n) is 31.7. The summed E-state index contributed by atoms with van der Waals surface area (Å²) < 4.78 is 0. The first-order chi connectivity index (χ1) is 25.5. The third kappa shape index (κ3) is 7.85. The number of nitrogens with zero attached hydrogens (tertiary/aromatic N) is 1. The average Bonchev–Trinajstić information content (AvgIpc) is 3.18. The van der Waals surface area contributed by atoms with E-state index < -0.39 is 0 Å². The molecule has 4 unspecified atom stereocenters. The molecule has 5 aliphatic rings. The van der Waals surface area contributed by atoms with Crippen LogP contribution in [0.3, 0.4) is 0 Å². The van der Waals surface area contributed by atoms with Gasteiger partial charge in [0.05, 0.1) is 0 Å². The Labute approximate surface area is 313 Å². The van der Waals surface area contributed by atoms with Crippen LogP contribution in [-0.2, 0) is 12.8 Å². The van der Waals surface area contributed by atoms with Gasteiger partial charge in [-0.3, -0.25) is 0 Å². The first kappa shape index (κ1) is 34.7. The lowest BCUT2D eigenvalue weighted by molar-refractivity contribution is 0.468. The van der Waals surface area contributed by atoms with Crippen molar-refractivity contribution in [2.45, 2.75) is 97.3 Å². The molecule has 0 saturated heterocycles. The Hall–Kier alpha value is -4.36. The summed E-state index contributed by atoms with van der Waals surface area (Å²) in [6.07, 6.45) is 37.1. The van der Waals surface area contributed by atoms with Crippen LogP contribution in [0, 0.1) is 37.5 Å². The maximum Gasteiger partial charge on any atom is 0.0457 e. The molecule has 0 aromatic heterocycles. The largest absolute Gasteiger partial charge is 0.319 e. The SMILES string of the molecule is Cc1cccc(C(Cc2ccc3c(c2)CCC=C3)C[C@@H](C)C2=CC=C(C3CC=C(N(C4=CC5C=CC=CC5CC4)c4cccc(C)c4)CC3)CC2)c1. The van der Waals surface area contributed by atoms with Crippen molar-refractivity contribution in [2.75, 3.05) is 4.90 Å². The zero-order valence-corrected chi connectivity index (χ0v) is 31.7. The summed E-state index contributed by atoms with van der Waals surface area (Å²) in [7, 11) is 0. The standard InChI is InChI=1S/C51H57N/c1-36-10-8-16-45(30-36)48(34-39-18-19-41-12-4-6-14-46(41)33-39)32-38(3)40-20-22-43(23-21-40)44-24-27-49(28-25-44)52(50-17-9-11-37(2)31-50)51-29-26-42-13-5-7-15-47(42)35-51/h4-5,7-13,15-20,22,27,30-31,33,35,38,42,44,47-48H,6,14,21,23-26,28-29,32,34H2,1-3H3/t38-,42?,44?,47?,48?/m1/s1. The summed E-state index contributed by atoms with van der Waals surface area (Å²) in [5, 5.41) is 0. The Kier molecular flexibility index (Phi) is 10.5. The van der Waals surface area contributed by atoms with Gasteiger partial charge in [-0.1, -0.05) is 139 Å². The fourth-order valence-electron chi connectivity index (χ4n) is 9.75. The Morgan fingerprint density at radius 3 is 2.44 bits per heavy atom. The van der Waals surface area contributed by atoms with E-state index in [1.165, 1.54) is 89.0 Å². The van der Waals surface area contributed by atoms with Crippen LogP contribution < -0.4 is 4.90 Å². The minimum atomic E-state index is 0.516. The number of allylic oxidation sites excluding steroid dienone is 13. The summed E-state index contributed by atoms with van der Waals surface area (Å²) in [4.78, 5) is 2.63. The third-order valence-electron chi connectivity index (χ3n) is 12.7. The number of hydrogen-bond donors (Lipinski definition) is 0. The number of rotatable bonds is 10. The summed E-state index contributed by atoms with van der Waals surface area (Å²) >= 11 is 0. The summed E-state index contributed by atoms with van der Waals surface area (Å²) in [6.45, 7) is 6.95. The van der Waals surface area contributed by atoms with Crippen molar-refractivity contribution in [1.29, 1.82) is 0 Å². The van der Waals surface area contributed by atoms with E-state index in [1.807, 2.05) is 0 Å². The minimum Gasteiger partial charge on any atom is -0.319 e. The van der Waals surface area contributed by atoms with Gasteiger partial charge in [0.1, 0.15) is 0 Å². The van der Waals surface area contributed by atoms with Crippen molar-refractivity contribution in [1.82, 2.24) is 0 Å². The highest BCUT2D eigenvalue weighted by molar-refractivity contribution is 5.60. The van der Waals surface area contributed by atoms with Gasteiger partial charge in [0, 0.05) is 23.0 Å². The van der Waals surface area contributed by atoms with E-state index in [2.05, 4.69) is 153 Å². The van der Waals surface area contributed by atoms with Gasteiger partial charge < -0.3 is 4.90 Å². The summed E-state index contributed by atoms with van der Waals surface area (Å²) in [5.41, 5.74) is 16.3. The molecule has 0 heterocycles. The first-order valence-corrected chi connectivity index (χ1v) is 20.3. The summed E-state index contributed by atoms with van der Waals surface area (Å²) in [6, 6.07) is 25.7. The average molecular weight is 684 g/mol. The van der Waals surface area contributed by atoms with Gasteiger partial charge >= 0.3 is 0 Å². The number of fused-ring (bicyclic) bond motifs is 2. The van der Waals surface area contributed by atoms with E-state index in [0.29, 0.717) is 29.6 Å². The van der Waals surface area contributed by atoms with E-state index in [1.54, 1.807) is 11.1 Å². The molecule has 0 bridgehead atoms. The van der Waals surface area contributed by atoms with E-state index in [9.17, 15) is 0 Å². The van der Waals surface area contributed by atoms with Crippen molar-refractivity contribution in [3.8, 4) is 0 Å². The molecule has 0 fully saturated rings. The van der Waals surface area contributed by atoms with Crippen molar-refractivity contribution < 1.29 is 0 Å². The molecular weight excluding hydrogens is 627 g/mol. The molecule has 0 N–H and O–H groups in total. The predicted octanol–water partition coefficient (Wildman–Crippen LogP) is 13.5. The molecule has 266 valence electrons. The molecule has 0 radical (unpaired) electrons. The number of anilines is 1. The fourth-order valence-corrected chi connectivity index (χ4v) is 9.75. The second kappa shape index (κ2) is 15.7. The zero-order chi connectivity index (χ0) is 35.4. The number of aryl methyl sites for hydroxylation is 3. The second-order valence-corrected chi connectivity index (χ2v) is 16.5. The van der Waals surface area contributed by atoms with E-state index in [4.69, 9.17) is 0 Å². The Morgan fingerprint density at radius 1 is 0.788 bits per heavy atom. The van der Waals surface area contributed by atoms with Crippen LogP contribution in [0.5, 0.6) is 0 Å². The predicted molar refractivity (Wildman–Crippen MR) is 222 cm³/mol. The highest BCUT2D eigenvalue weighted by Gasteiger charge is 2.30. The van der Waals surface area contributed by atoms with Gasteiger partial charge in [-0.2, -0.15) is 0 Å². The number of hydrogen-bond acceptors (Lipinski definition) is 1. The lowest BCUT2D eigenvalue weighted by Crippen LogP contribution is -2.29. The molecule has 0 saturated carbocycles. The van der Waals surface area contributed by atoms with E-state index in [-0.39, 0.29) is 0 Å². The lowest BCUT2D eigenvalue weighted by atomic mass is 9.76. The van der Waals surface area contributed by atoms with Crippen LogP contribution in [-0.4, -0.2) is 0 Å². The van der Waals surface area contributed by atoms with Gasteiger partial charge in [-0.15, -0.1) is 0 Å².